The maximum atomic E-state index is 13.2. The molecule has 1 N–H and O–H groups in total. The van der Waals surface area contributed by atoms with Gasteiger partial charge in [-0.25, -0.2) is 9.07 Å². The molecule has 6 nitrogen and oxygen atoms in total. The Morgan fingerprint density at radius 3 is 2.33 bits per heavy atom. The lowest BCUT2D eigenvalue weighted by Crippen LogP contribution is -2.57. The zero-order valence-corrected chi connectivity index (χ0v) is 18.7. The fraction of sp³-hybridized carbons (Fsp3) is 0.565. The average molecular weight is 417 g/mol. The van der Waals surface area contributed by atoms with Crippen LogP contribution in [0.25, 0.3) is 5.69 Å². The van der Waals surface area contributed by atoms with Gasteiger partial charge in [0.2, 0.25) is 5.91 Å². The molecule has 4 atom stereocenters. The van der Waals surface area contributed by atoms with Crippen molar-refractivity contribution in [2.45, 2.75) is 65.8 Å². The Kier molecular flexibility index (Phi) is 6.93. The summed E-state index contributed by atoms with van der Waals surface area (Å²) in [5, 5.41) is 7.63. The van der Waals surface area contributed by atoms with E-state index in [-0.39, 0.29) is 41.9 Å². The van der Waals surface area contributed by atoms with Crippen LogP contribution in [0.4, 0.5) is 4.39 Å². The number of nitrogens with zero attached hydrogens (tertiary/aromatic N) is 3. The molecule has 1 aliphatic heterocycles. The number of hydrogen-bond donors (Lipinski definition) is 1. The summed E-state index contributed by atoms with van der Waals surface area (Å²) in [5.74, 6) is -0.0821. The van der Waals surface area contributed by atoms with E-state index in [1.54, 1.807) is 23.0 Å². The molecule has 2 heterocycles. The van der Waals surface area contributed by atoms with Crippen molar-refractivity contribution >= 4 is 5.91 Å². The molecule has 2 aromatic rings. The summed E-state index contributed by atoms with van der Waals surface area (Å²) < 4.78 is 20.8. The zero-order chi connectivity index (χ0) is 22.0. The predicted molar refractivity (Wildman–Crippen MR) is 115 cm³/mol. The van der Waals surface area contributed by atoms with Crippen molar-refractivity contribution in [2.24, 2.45) is 5.92 Å². The first-order valence-electron chi connectivity index (χ1n) is 10.7. The van der Waals surface area contributed by atoms with Crippen LogP contribution in [0.5, 0.6) is 0 Å². The summed E-state index contributed by atoms with van der Waals surface area (Å²) in [5.41, 5.74) is 2.65. The van der Waals surface area contributed by atoms with E-state index in [2.05, 4.69) is 29.2 Å². The van der Waals surface area contributed by atoms with E-state index < -0.39 is 0 Å². The van der Waals surface area contributed by atoms with Crippen molar-refractivity contribution in [1.82, 2.24) is 20.0 Å². The van der Waals surface area contributed by atoms with Crippen molar-refractivity contribution in [3.8, 4) is 5.69 Å². The van der Waals surface area contributed by atoms with E-state index >= 15 is 0 Å². The SMILES string of the molecule is Cc1c(C(C)NC(=O)C(C(C)C)N2CC(C)OC(C)C2)cnn1-c1ccc(F)cc1. The molecule has 164 valence electrons. The van der Waals surface area contributed by atoms with Gasteiger partial charge >= 0.3 is 0 Å². The maximum Gasteiger partial charge on any atom is 0.238 e. The van der Waals surface area contributed by atoms with Crippen LogP contribution in [0, 0.1) is 18.7 Å². The van der Waals surface area contributed by atoms with E-state index in [4.69, 9.17) is 4.74 Å². The van der Waals surface area contributed by atoms with Gasteiger partial charge in [0.05, 0.1) is 36.2 Å². The van der Waals surface area contributed by atoms with Gasteiger partial charge in [-0.2, -0.15) is 5.10 Å². The van der Waals surface area contributed by atoms with Crippen molar-refractivity contribution in [2.75, 3.05) is 13.1 Å². The average Bonchev–Trinajstić information content (AvgIpc) is 3.03. The Balaban J connectivity index is 1.75. The van der Waals surface area contributed by atoms with Crippen LogP contribution in [0.3, 0.4) is 0 Å². The van der Waals surface area contributed by atoms with Gasteiger partial charge in [-0.15, -0.1) is 0 Å². The van der Waals surface area contributed by atoms with Gasteiger partial charge in [-0.1, -0.05) is 13.8 Å². The number of halogens is 1. The second-order valence-electron chi connectivity index (χ2n) is 8.70. The van der Waals surface area contributed by atoms with E-state index in [1.165, 1.54) is 12.1 Å². The number of hydrogen-bond acceptors (Lipinski definition) is 4. The topological polar surface area (TPSA) is 59.4 Å². The second kappa shape index (κ2) is 9.27. The molecule has 1 fully saturated rings. The molecule has 1 saturated heterocycles. The smallest absolute Gasteiger partial charge is 0.238 e. The van der Waals surface area contributed by atoms with Crippen LogP contribution >= 0.6 is 0 Å². The molecule has 0 saturated carbocycles. The monoisotopic (exact) mass is 416 g/mol. The predicted octanol–water partition coefficient (Wildman–Crippen LogP) is 3.63. The van der Waals surface area contributed by atoms with Crippen molar-refractivity contribution in [3.05, 3.63) is 47.5 Å². The molecule has 30 heavy (non-hydrogen) atoms. The number of carbonyl (C=O) groups is 1. The Labute approximate surface area is 178 Å². The summed E-state index contributed by atoms with van der Waals surface area (Å²) >= 11 is 0. The highest BCUT2D eigenvalue weighted by atomic mass is 19.1. The van der Waals surface area contributed by atoms with Gasteiger partial charge in [0.1, 0.15) is 5.82 Å². The van der Waals surface area contributed by atoms with Crippen LogP contribution in [0.15, 0.2) is 30.5 Å². The minimum atomic E-state index is -0.282. The third-order valence-electron chi connectivity index (χ3n) is 5.69. The minimum Gasteiger partial charge on any atom is -0.373 e. The standard InChI is InChI=1S/C23H33FN4O2/c1-14(2)22(27-12-15(3)30-16(4)13-27)23(29)26-17(5)21-11-25-28(18(21)6)20-9-7-19(24)8-10-20/h7-11,14-17,22H,12-13H2,1-6H3,(H,26,29). The third-order valence-corrected chi connectivity index (χ3v) is 5.69. The second-order valence-corrected chi connectivity index (χ2v) is 8.70. The lowest BCUT2D eigenvalue weighted by atomic mass is 9.98. The number of carbonyl (C=O) groups excluding carboxylic acids is 1. The van der Waals surface area contributed by atoms with Crippen molar-refractivity contribution < 1.29 is 13.9 Å². The van der Waals surface area contributed by atoms with Gasteiger partial charge in [0.15, 0.2) is 0 Å². The Bertz CT molecular complexity index is 855. The highest BCUT2D eigenvalue weighted by Gasteiger charge is 2.34. The van der Waals surface area contributed by atoms with Crippen LogP contribution in [0.1, 0.15) is 51.9 Å². The molecular weight excluding hydrogens is 383 g/mol. The molecule has 0 aliphatic carbocycles. The molecule has 0 radical (unpaired) electrons. The molecule has 0 bridgehead atoms. The van der Waals surface area contributed by atoms with Gasteiger partial charge in [-0.05, 0) is 57.9 Å². The Morgan fingerprint density at radius 2 is 1.77 bits per heavy atom. The van der Waals surface area contributed by atoms with Gasteiger partial charge < -0.3 is 10.1 Å². The quantitative estimate of drug-likeness (QED) is 0.781. The summed E-state index contributed by atoms with van der Waals surface area (Å²) in [6, 6.07) is 5.81. The van der Waals surface area contributed by atoms with Crippen LogP contribution in [-0.4, -0.2) is 51.9 Å². The normalized spacial score (nSPS) is 22.1. The first-order valence-corrected chi connectivity index (χ1v) is 10.7. The van der Waals surface area contributed by atoms with Crippen molar-refractivity contribution in [3.63, 3.8) is 0 Å². The number of amides is 1. The number of aromatic nitrogens is 2. The zero-order valence-electron chi connectivity index (χ0n) is 18.7. The largest absolute Gasteiger partial charge is 0.373 e. The van der Waals surface area contributed by atoms with E-state index in [9.17, 15) is 9.18 Å². The number of rotatable bonds is 6. The van der Waals surface area contributed by atoms with Gasteiger partial charge in [-0.3, -0.25) is 9.69 Å². The molecule has 1 aromatic carbocycles. The van der Waals surface area contributed by atoms with Crippen LogP contribution in [-0.2, 0) is 9.53 Å². The number of benzene rings is 1. The summed E-state index contributed by atoms with van der Waals surface area (Å²) in [6.45, 7) is 13.7. The summed E-state index contributed by atoms with van der Waals surface area (Å²) in [4.78, 5) is 15.5. The highest BCUT2D eigenvalue weighted by molar-refractivity contribution is 5.82. The Hall–Kier alpha value is -2.25. The van der Waals surface area contributed by atoms with E-state index in [1.807, 2.05) is 27.7 Å². The van der Waals surface area contributed by atoms with Gasteiger partial charge in [0.25, 0.3) is 0 Å². The molecule has 1 amide bonds. The summed E-state index contributed by atoms with van der Waals surface area (Å²) in [7, 11) is 0. The van der Waals surface area contributed by atoms with Crippen LogP contribution in [0.2, 0.25) is 0 Å². The lowest BCUT2D eigenvalue weighted by Gasteiger charge is -2.41. The molecule has 0 spiro atoms. The number of nitrogens with one attached hydrogen (secondary N) is 1. The maximum absolute atomic E-state index is 13.2. The third kappa shape index (κ3) is 4.90. The fourth-order valence-corrected chi connectivity index (χ4v) is 4.40. The highest BCUT2D eigenvalue weighted by Crippen LogP contribution is 2.23. The Morgan fingerprint density at radius 1 is 1.17 bits per heavy atom. The minimum absolute atomic E-state index is 0.0210. The molecule has 7 heteroatoms. The number of morpholine rings is 1. The molecule has 1 aromatic heterocycles. The molecule has 1 aliphatic rings. The number of ether oxygens (including phenoxy) is 1. The summed E-state index contributed by atoms with van der Waals surface area (Å²) in [6.07, 6.45) is 1.99. The van der Waals surface area contributed by atoms with Gasteiger partial charge in [0, 0.05) is 24.3 Å². The lowest BCUT2D eigenvalue weighted by molar-refractivity contribution is -0.136. The molecule has 4 unspecified atom stereocenters. The first-order chi connectivity index (χ1) is 14.2. The molecular formula is C23H33FN4O2. The van der Waals surface area contributed by atoms with Crippen LogP contribution < -0.4 is 5.32 Å². The first kappa shape index (κ1) is 22.4. The fourth-order valence-electron chi connectivity index (χ4n) is 4.40. The van der Waals surface area contributed by atoms with Crippen molar-refractivity contribution in [1.29, 1.82) is 0 Å². The van der Waals surface area contributed by atoms with E-state index in [0.717, 1.165) is 30.0 Å². The van der Waals surface area contributed by atoms with E-state index in [0.29, 0.717) is 0 Å². The molecule has 3 rings (SSSR count).